The Kier molecular flexibility index (Phi) is 4.25. The Labute approximate surface area is 139 Å². The number of carbonyl (C=O) groups excluding carboxylic acids is 1. The van der Waals surface area contributed by atoms with Crippen molar-refractivity contribution in [2.24, 2.45) is 7.05 Å². The minimum Gasteiger partial charge on any atom is -0.335 e. The van der Waals surface area contributed by atoms with Crippen LogP contribution in [-0.4, -0.2) is 58.0 Å². The van der Waals surface area contributed by atoms with E-state index in [2.05, 4.69) is 16.8 Å². The second-order valence-electron chi connectivity index (χ2n) is 5.99. The molecule has 0 saturated carbocycles. The van der Waals surface area contributed by atoms with E-state index in [0.29, 0.717) is 20.9 Å². The molecule has 2 aromatic rings. The first-order valence-electron chi connectivity index (χ1n) is 7.92. The number of hydrogen-bond acceptors (Lipinski definition) is 5. The molecule has 0 unspecified atom stereocenters. The predicted octanol–water partition coefficient (Wildman–Crippen LogP) is 1.39. The van der Waals surface area contributed by atoms with Gasteiger partial charge in [-0.2, -0.15) is 0 Å². The molecule has 1 amide bonds. The summed E-state index contributed by atoms with van der Waals surface area (Å²) in [5, 5.41) is 0.582. The number of aromatic nitrogens is 2. The molecule has 1 aliphatic heterocycles. The van der Waals surface area contributed by atoms with Gasteiger partial charge in [0.15, 0.2) is 0 Å². The lowest BCUT2D eigenvalue weighted by molar-refractivity contribution is 0.0647. The van der Waals surface area contributed by atoms with Crippen LogP contribution in [0.3, 0.4) is 0 Å². The maximum atomic E-state index is 12.8. The highest BCUT2D eigenvalue weighted by Gasteiger charge is 2.26. The Hall–Kier alpha value is -1.73. The quantitative estimate of drug-likeness (QED) is 0.833. The van der Waals surface area contributed by atoms with E-state index in [1.54, 1.807) is 14.0 Å². The second-order valence-corrected chi connectivity index (χ2v) is 6.99. The van der Waals surface area contributed by atoms with Gasteiger partial charge in [-0.15, -0.1) is 11.3 Å². The minimum absolute atomic E-state index is 0.0287. The maximum absolute atomic E-state index is 12.8. The summed E-state index contributed by atoms with van der Waals surface area (Å²) in [7, 11) is 1.71. The zero-order valence-electron chi connectivity index (χ0n) is 14.0. The standard InChI is InChI=1S/C16H22N4O2S/c1-5-19-6-8-20(9-7-19)16(22)13-10(2)12-14(23-13)17-11(3)18(4)15(12)21/h5-9H2,1-4H3. The smallest absolute Gasteiger partial charge is 0.264 e. The molecule has 7 heteroatoms. The van der Waals surface area contributed by atoms with E-state index in [9.17, 15) is 9.59 Å². The highest BCUT2D eigenvalue weighted by atomic mass is 32.1. The van der Waals surface area contributed by atoms with E-state index < -0.39 is 0 Å². The van der Waals surface area contributed by atoms with Crippen LogP contribution < -0.4 is 5.56 Å². The Morgan fingerprint density at radius 2 is 1.87 bits per heavy atom. The van der Waals surface area contributed by atoms with Gasteiger partial charge in [-0.1, -0.05) is 6.92 Å². The van der Waals surface area contributed by atoms with Gasteiger partial charge >= 0.3 is 0 Å². The summed E-state index contributed by atoms with van der Waals surface area (Å²) in [5.74, 6) is 0.695. The van der Waals surface area contributed by atoms with Gasteiger partial charge in [0.25, 0.3) is 11.5 Å². The Balaban J connectivity index is 1.97. The molecule has 0 atom stereocenters. The average molecular weight is 334 g/mol. The molecule has 0 aliphatic carbocycles. The van der Waals surface area contributed by atoms with Crippen LogP contribution in [0.1, 0.15) is 28.0 Å². The molecular formula is C16H22N4O2S. The molecule has 0 spiro atoms. The summed E-state index contributed by atoms with van der Waals surface area (Å²) < 4.78 is 1.54. The zero-order chi connectivity index (χ0) is 16.7. The second kappa shape index (κ2) is 6.05. The topological polar surface area (TPSA) is 58.4 Å². The van der Waals surface area contributed by atoms with E-state index >= 15 is 0 Å². The Bertz CT molecular complexity index is 816. The van der Waals surface area contributed by atoms with Gasteiger partial charge < -0.3 is 9.80 Å². The van der Waals surface area contributed by atoms with E-state index in [1.807, 2.05) is 11.8 Å². The number of fused-ring (bicyclic) bond motifs is 1. The van der Waals surface area contributed by atoms with Crippen LogP contribution >= 0.6 is 11.3 Å². The highest BCUT2D eigenvalue weighted by molar-refractivity contribution is 7.20. The first-order chi connectivity index (χ1) is 10.9. The fourth-order valence-corrected chi connectivity index (χ4v) is 4.17. The summed E-state index contributed by atoms with van der Waals surface area (Å²) in [5.41, 5.74) is 0.692. The van der Waals surface area contributed by atoms with Crippen molar-refractivity contribution in [3.63, 3.8) is 0 Å². The number of thiophene rings is 1. The Morgan fingerprint density at radius 1 is 1.22 bits per heavy atom. The van der Waals surface area contributed by atoms with Crippen LogP contribution in [0.15, 0.2) is 4.79 Å². The number of rotatable bonds is 2. The first-order valence-corrected chi connectivity index (χ1v) is 8.74. The van der Waals surface area contributed by atoms with Gasteiger partial charge in [0, 0.05) is 33.2 Å². The van der Waals surface area contributed by atoms with Crippen molar-refractivity contribution in [2.45, 2.75) is 20.8 Å². The van der Waals surface area contributed by atoms with Crippen molar-refractivity contribution >= 4 is 27.5 Å². The van der Waals surface area contributed by atoms with Gasteiger partial charge in [0.1, 0.15) is 10.7 Å². The van der Waals surface area contributed by atoms with E-state index in [-0.39, 0.29) is 11.5 Å². The normalized spacial score (nSPS) is 16.3. The number of likely N-dealkylation sites (N-methyl/N-ethyl adjacent to an activating group) is 1. The SMILES string of the molecule is CCN1CCN(C(=O)c2sc3nc(C)n(C)c(=O)c3c2C)CC1. The molecule has 23 heavy (non-hydrogen) atoms. The largest absolute Gasteiger partial charge is 0.335 e. The summed E-state index contributed by atoms with van der Waals surface area (Å²) in [6.45, 7) is 10.1. The summed E-state index contributed by atoms with van der Waals surface area (Å²) >= 11 is 1.34. The summed E-state index contributed by atoms with van der Waals surface area (Å²) in [6, 6.07) is 0. The van der Waals surface area contributed by atoms with Crippen molar-refractivity contribution in [3.05, 3.63) is 26.6 Å². The Morgan fingerprint density at radius 3 is 2.48 bits per heavy atom. The van der Waals surface area contributed by atoms with Crippen LogP contribution in [0.2, 0.25) is 0 Å². The molecule has 3 rings (SSSR count). The van der Waals surface area contributed by atoms with Crippen LogP contribution in [-0.2, 0) is 7.05 Å². The molecule has 2 aromatic heterocycles. The monoisotopic (exact) mass is 334 g/mol. The fraction of sp³-hybridized carbons (Fsp3) is 0.562. The average Bonchev–Trinajstić information content (AvgIpc) is 2.88. The molecule has 1 fully saturated rings. The number of aryl methyl sites for hydroxylation is 2. The number of nitrogens with zero attached hydrogens (tertiary/aromatic N) is 4. The van der Waals surface area contributed by atoms with Crippen LogP contribution in [0.5, 0.6) is 0 Å². The van der Waals surface area contributed by atoms with Crippen molar-refractivity contribution in [2.75, 3.05) is 32.7 Å². The third-order valence-corrected chi connectivity index (χ3v) is 5.87. The molecule has 0 aromatic carbocycles. The lowest BCUT2D eigenvalue weighted by atomic mass is 10.2. The van der Waals surface area contributed by atoms with Gasteiger partial charge in [-0.05, 0) is 26.0 Å². The third-order valence-electron chi connectivity index (χ3n) is 4.70. The van der Waals surface area contributed by atoms with Crippen LogP contribution in [0, 0.1) is 13.8 Å². The van der Waals surface area contributed by atoms with Crippen molar-refractivity contribution < 1.29 is 4.79 Å². The number of hydrogen-bond donors (Lipinski definition) is 0. The molecule has 3 heterocycles. The summed E-state index contributed by atoms with van der Waals surface area (Å²) in [4.78, 5) is 35.3. The molecule has 0 bridgehead atoms. The zero-order valence-corrected chi connectivity index (χ0v) is 14.9. The molecule has 1 saturated heterocycles. The summed E-state index contributed by atoms with van der Waals surface area (Å²) in [6.07, 6.45) is 0. The number of piperazine rings is 1. The van der Waals surface area contributed by atoms with Crippen LogP contribution in [0.4, 0.5) is 0 Å². The molecule has 124 valence electrons. The van der Waals surface area contributed by atoms with Gasteiger partial charge in [0.05, 0.1) is 10.3 Å². The van der Waals surface area contributed by atoms with Crippen molar-refractivity contribution in [3.8, 4) is 0 Å². The molecule has 0 radical (unpaired) electrons. The molecule has 6 nitrogen and oxygen atoms in total. The fourth-order valence-electron chi connectivity index (χ4n) is 2.98. The minimum atomic E-state index is -0.0731. The van der Waals surface area contributed by atoms with Crippen molar-refractivity contribution in [1.82, 2.24) is 19.4 Å². The van der Waals surface area contributed by atoms with Crippen molar-refractivity contribution in [1.29, 1.82) is 0 Å². The molecule has 1 aliphatic rings. The van der Waals surface area contributed by atoms with Crippen LogP contribution in [0.25, 0.3) is 10.2 Å². The maximum Gasteiger partial charge on any atom is 0.264 e. The number of amides is 1. The first kappa shape index (κ1) is 16.1. The lowest BCUT2D eigenvalue weighted by Crippen LogP contribution is -2.48. The van der Waals surface area contributed by atoms with Gasteiger partial charge in [-0.25, -0.2) is 4.98 Å². The highest BCUT2D eigenvalue weighted by Crippen LogP contribution is 2.28. The van der Waals surface area contributed by atoms with Gasteiger partial charge in [-0.3, -0.25) is 14.2 Å². The van der Waals surface area contributed by atoms with E-state index in [4.69, 9.17) is 0 Å². The third kappa shape index (κ3) is 2.68. The lowest BCUT2D eigenvalue weighted by Gasteiger charge is -2.33. The number of carbonyl (C=O) groups is 1. The molecular weight excluding hydrogens is 312 g/mol. The predicted molar refractivity (Wildman–Crippen MR) is 92.4 cm³/mol. The van der Waals surface area contributed by atoms with E-state index in [0.717, 1.165) is 38.3 Å². The van der Waals surface area contributed by atoms with Gasteiger partial charge in [0.2, 0.25) is 0 Å². The molecule has 0 N–H and O–H groups in total. The van der Waals surface area contributed by atoms with E-state index in [1.165, 1.54) is 15.9 Å².